The van der Waals surface area contributed by atoms with Gasteiger partial charge in [-0.25, -0.2) is 9.97 Å². The van der Waals surface area contributed by atoms with Gasteiger partial charge in [-0.2, -0.15) is 0 Å². The van der Waals surface area contributed by atoms with Crippen LogP contribution in [-0.2, 0) is 0 Å². The number of rotatable bonds is 1. The van der Waals surface area contributed by atoms with E-state index in [2.05, 4.69) is 34.8 Å². The lowest BCUT2D eigenvalue weighted by Crippen LogP contribution is -2.41. The minimum Gasteiger partial charge on any atom is -0.450 e. The van der Waals surface area contributed by atoms with Crippen LogP contribution in [0, 0.1) is 5.92 Å². The Kier molecular flexibility index (Phi) is 2.84. The average Bonchev–Trinajstić information content (AvgIpc) is 2.88. The van der Waals surface area contributed by atoms with E-state index in [1.807, 2.05) is 18.2 Å². The van der Waals surface area contributed by atoms with E-state index in [1.54, 1.807) is 6.33 Å². The van der Waals surface area contributed by atoms with Crippen molar-refractivity contribution in [3.05, 3.63) is 30.6 Å². The monoisotopic (exact) mass is 281 g/mol. The number of para-hydroxylation sites is 1. The van der Waals surface area contributed by atoms with Crippen LogP contribution in [0.5, 0.6) is 0 Å². The molecule has 0 bridgehead atoms. The van der Waals surface area contributed by atoms with Crippen molar-refractivity contribution in [2.24, 2.45) is 5.92 Å². The molecule has 1 aliphatic heterocycles. The van der Waals surface area contributed by atoms with Crippen molar-refractivity contribution in [1.82, 2.24) is 9.97 Å². The topological polar surface area (TPSA) is 42.2 Å². The van der Waals surface area contributed by atoms with Gasteiger partial charge in [0.1, 0.15) is 17.4 Å². The van der Waals surface area contributed by atoms with Crippen LogP contribution in [0.3, 0.4) is 0 Å². The van der Waals surface area contributed by atoms with Crippen LogP contribution in [0.1, 0.15) is 26.7 Å². The Labute approximate surface area is 123 Å². The van der Waals surface area contributed by atoms with E-state index in [-0.39, 0.29) is 0 Å². The van der Waals surface area contributed by atoms with Gasteiger partial charge in [0.25, 0.3) is 0 Å². The van der Waals surface area contributed by atoms with Crippen LogP contribution in [0.15, 0.2) is 35.0 Å². The summed E-state index contributed by atoms with van der Waals surface area (Å²) in [5.41, 5.74) is 2.62. The van der Waals surface area contributed by atoms with E-state index in [1.165, 1.54) is 12.8 Å². The molecule has 0 aliphatic carbocycles. The van der Waals surface area contributed by atoms with E-state index >= 15 is 0 Å². The van der Waals surface area contributed by atoms with E-state index in [4.69, 9.17) is 4.42 Å². The smallest absolute Gasteiger partial charge is 0.196 e. The lowest BCUT2D eigenvalue weighted by atomic mass is 9.95. The van der Waals surface area contributed by atoms with Crippen LogP contribution in [0.2, 0.25) is 0 Å². The number of benzene rings is 1. The summed E-state index contributed by atoms with van der Waals surface area (Å²) in [5.74, 6) is 1.63. The van der Waals surface area contributed by atoms with Crippen molar-refractivity contribution in [1.29, 1.82) is 0 Å². The Bertz CT molecular complexity index is 795. The molecule has 4 heteroatoms. The van der Waals surface area contributed by atoms with Gasteiger partial charge >= 0.3 is 0 Å². The van der Waals surface area contributed by atoms with Crippen molar-refractivity contribution in [2.75, 3.05) is 11.4 Å². The van der Waals surface area contributed by atoms with Gasteiger partial charge in [-0.3, -0.25) is 0 Å². The molecule has 2 aromatic heterocycles. The molecule has 108 valence electrons. The lowest BCUT2D eigenvalue weighted by molar-refractivity contribution is 0.388. The summed E-state index contributed by atoms with van der Waals surface area (Å²) < 4.78 is 6.05. The third kappa shape index (κ3) is 1.97. The van der Waals surface area contributed by atoms with E-state index < -0.39 is 0 Å². The second-order valence-corrected chi connectivity index (χ2v) is 6.16. The number of piperidine rings is 1. The molecule has 1 aliphatic rings. The Hall–Kier alpha value is -2.10. The Morgan fingerprint density at radius 3 is 2.90 bits per heavy atom. The highest BCUT2D eigenvalue weighted by Crippen LogP contribution is 2.35. The first-order valence-corrected chi connectivity index (χ1v) is 7.63. The molecule has 3 aromatic rings. The van der Waals surface area contributed by atoms with Gasteiger partial charge in [0.15, 0.2) is 11.4 Å². The molecule has 0 radical (unpaired) electrons. The third-order valence-corrected chi connectivity index (χ3v) is 4.53. The van der Waals surface area contributed by atoms with E-state index in [0.717, 1.165) is 34.4 Å². The molecule has 1 saturated heterocycles. The largest absolute Gasteiger partial charge is 0.450 e. The Balaban J connectivity index is 1.92. The summed E-state index contributed by atoms with van der Waals surface area (Å²) in [5, 5.41) is 1.06. The van der Waals surface area contributed by atoms with Crippen LogP contribution in [0.4, 0.5) is 5.82 Å². The van der Waals surface area contributed by atoms with Crippen molar-refractivity contribution in [2.45, 2.75) is 32.7 Å². The summed E-state index contributed by atoms with van der Waals surface area (Å²) >= 11 is 0. The van der Waals surface area contributed by atoms with Gasteiger partial charge in [-0.15, -0.1) is 0 Å². The fraction of sp³-hybridized carbons (Fsp3) is 0.412. The van der Waals surface area contributed by atoms with Gasteiger partial charge in [0.2, 0.25) is 0 Å². The maximum Gasteiger partial charge on any atom is 0.196 e. The number of aromatic nitrogens is 2. The van der Waals surface area contributed by atoms with Gasteiger partial charge < -0.3 is 9.32 Å². The SMILES string of the molecule is CC1CCC(C)N(c2ncnc3c2oc2ccccc23)C1. The summed E-state index contributed by atoms with van der Waals surface area (Å²) in [7, 11) is 0. The molecular weight excluding hydrogens is 262 g/mol. The molecule has 21 heavy (non-hydrogen) atoms. The molecule has 4 rings (SSSR count). The minimum atomic E-state index is 0.493. The predicted molar refractivity (Wildman–Crippen MR) is 84.5 cm³/mol. The van der Waals surface area contributed by atoms with Crippen LogP contribution in [0.25, 0.3) is 22.1 Å². The lowest BCUT2D eigenvalue weighted by Gasteiger charge is -2.37. The Morgan fingerprint density at radius 2 is 2.00 bits per heavy atom. The maximum atomic E-state index is 6.05. The molecule has 0 N–H and O–H groups in total. The highest BCUT2D eigenvalue weighted by atomic mass is 16.3. The van der Waals surface area contributed by atoms with Crippen LogP contribution >= 0.6 is 0 Å². The maximum absolute atomic E-state index is 6.05. The molecule has 0 spiro atoms. The normalized spacial score (nSPS) is 23.0. The van der Waals surface area contributed by atoms with Crippen molar-refractivity contribution in [3.8, 4) is 0 Å². The van der Waals surface area contributed by atoms with Crippen LogP contribution in [-0.4, -0.2) is 22.6 Å². The second kappa shape index (κ2) is 4.72. The fourth-order valence-electron chi connectivity index (χ4n) is 3.30. The second-order valence-electron chi connectivity index (χ2n) is 6.16. The molecular formula is C17H19N3O. The summed E-state index contributed by atoms with van der Waals surface area (Å²) in [6.07, 6.45) is 4.14. The molecule has 1 aromatic carbocycles. The van der Waals surface area contributed by atoms with E-state index in [0.29, 0.717) is 12.0 Å². The number of hydrogen-bond acceptors (Lipinski definition) is 4. The molecule has 0 amide bonds. The number of furan rings is 1. The molecule has 2 atom stereocenters. The summed E-state index contributed by atoms with van der Waals surface area (Å²) in [6, 6.07) is 8.55. The average molecular weight is 281 g/mol. The van der Waals surface area contributed by atoms with E-state index in [9.17, 15) is 0 Å². The number of fused-ring (bicyclic) bond motifs is 3. The molecule has 4 nitrogen and oxygen atoms in total. The number of nitrogens with zero attached hydrogens (tertiary/aromatic N) is 3. The molecule has 2 unspecified atom stereocenters. The zero-order valence-corrected chi connectivity index (χ0v) is 12.4. The summed E-state index contributed by atoms with van der Waals surface area (Å²) in [4.78, 5) is 11.3. The Morgan fingerprint density at radius 1 is 1.14 bits per heavy atom. The van der Waals surface area contributed by atoms with Crippen LogP contribution < -0.4 is 4.90 Å². The first-order valence-electron chi connectivity index (χ1n) is 7.63. The standard InChI is InChI=1S/C17H19N3O/c1-11-7-8-12(2)20(9-11)17-16-15(18-10-19-17)13-5-3-4-6-14(13)21-16/h3-6,10-12H,7-9H2,1-2H3. The first-order chi connectivity index (χ1) is 10.2. The molecule has 1 fully saturated rings. The number of hydrogen-bond donors (Lipinski definition) is 0. The highest BCUT2D eigenvalue weighted by Gasteiger charge is 2.27. The zero-order chi connectivity index (χ0) is 14.4. The van der Waals surface area contributed by atoms with Crippen molar-refractivity contribution in [3.63, 3.8) is 0 Å². The third-order valence-electron chi connectivity index (χ3n) is 4.53. The molecule has 3 heterocycles. The predicted octanol–water partition coefficient (Wildman–Crippen LogP) is 4.00. The summed E-state index contributed by atoms with van der Waals surface area (Å²) in [6.45, 7) is 5.60. The van der Waals surface area contributed by atoms with Crippen molar-refractivity contribution < 1.29 is 4.42 Å². The zero-order valence-electron chi connectivity index (χ0n) is 12.4. The van der Waals surface area contributed by atoms with Gasteiger partial charge in [0, 0.05) is 18.0 Å². The highest BCUT2D eigenvalue weighted by molar-refractivity contribution is 6.05. The fourth-order valence-corrected chi connectivity index (χ4v) is 3.30. The van der Waals surface area contributed by atoms with Gasteiger partial charge in [0.05, 0.1) is 0 Å². The number of anilines is 1. The minimum absolute atomic E-state index is 0.493. The van der Waals surface area contributed by atoms with Crippen molar-refractivity contribution >= 4 is 27.9 Å². The van der Waals surface area contributed by atoms with Gasteiger partial charge in [-0.1, -0.05) is 19.1 Å². The quantitative estimate of drug-likeness (QED) is 0.676. The first kappa shape index (κ1) is 12.6. The molecule has 0 saturated carbocycles. The van der Waals surface area contributed by atoms with Gasteiger partial charge in [-0.05, 0) is 37.8 Å².